The third kappa shape index (κ3) is 4.21. The van der Waals surface area contributed by atoms with Gasteiger partial charge in [-0.2, -0.15) is 4.98 Å². The summed E-state index contributed by atoms with van der Waals surface area (Å²) >= 11 is 0. The van der Waals surface area contributed by atoms with Crippen LogP contribution in [0.4, 0.5) is 0 Å². The smallest absolute Gasteiger partial charge is 0.258 e. The highest BCUT2D eigenvalue weighted by Gasteiger charge is 2.16. The van der Waals surface area contributed by atoms with Crippen LogP contribution < -0.4 is 4.74 Å². The summed E-state index contributed by atoms with van der Waals surface area (Å²) in [6.07, 6.45) is 0. The highest BCUT2D eigenvalue weighted by Crippen LogP contribution is 2.35. The maximum atomic E-state index is 9.32. The first kappa shape index (κ1) is 20.8. The second-order valence-electron chi connectivity index (χ2n) is 7.24. The van der Waals surface area contributed by atoms with Crippen molar-refractivity contribution in [2.75, 3.05) is 14.2 Å². The van der Waals surface area contributed by atoms with Crippen LogP contribution in [0, 0.1) is 6.92 Å². The zero-order chi connectivity index (χ0) is 21.8. The average molecular weight is 416 g/mol. The van der Waals surface area contributed by atoms with Gasteiger partial charge >= 0.3 is 0 Å². The van der Waals surface area contributed by atoms with Crippen molar-refractivity contribution in [2.45, 2.75) is 20.1 Å². The van der Waals surface area contributed by atoms with Crippen LogP contribution in [0.1, 0.15) is 16.7 Å². The molecule has 0 fully saturated rings. The van der Waals surface area contributed by atoms with Gasteiger partial charge in [-0.15, -0.1) is 0 Å². The number of hydrogen-bond donors (Lipinski definition) is 1. The number of aliphatic hydroxyl groups is 1. The highest BCUT2D eigenvalue weighted by molar-refractivity contribution is 5.76. The Labute approximate surface area is 181 Å². The number of ether oxygens (including phenoxy) is 2. The molecule has 1 N–H and O–H groups in total. The van der Waals surface area contributed by atoms with Crippen molar-refractivity contribution in [1.29, 1.82) is 0 Å². The lowest BCUT2D eigenvalue weighted by atomic mass is 9.97. The van der Waals surface area contributed by atoms with Gasteiger partial charge in [0.1, 0.15) is 5.75 Å². The molecule has 6 heteroatoms. The van der Waals surface area contributed by atoms with Crippen LogP contribution in [0.3, 0.4) is 0 Å². The van der Waals surface area contributed by atoms with Gasteiger partial charge in [-0.1, -0.05) is 47.6 Å². The molecule has 4 rings (SSSR count). The van der Waals surface area contributed by atoms with Gasteiger partial charge in [-0.25, -0.2) is 0 Å². The number of nitrogens with zero attached hydrogens (tertiary/aromatic N) is 2. The summed E-state index contributed by atoms with van der Waals surface area (Å²) < 4.78 is 16.5. The van der Waals surface area contributed by atoms with Crippen molar-refractivity contribution in [2.24, 2.45) is 0 Å². The minimum absolute atomic E-state index is 0.000557. The lowest BCUT2D eigenvalue weighted by Crippen LogP contribution is -1.96. The van der Waals surface area contributed by atoms with E-state index in [1.54, 1.807) is 14.2 Å². The van der Waals surface area contributed by atoms with E-state index in [2.05, 4.69) is 10.1 Å². The van der Waals surface area contributed by atoms with Crippen LogP contribution >= 0.6 is 0 Å². The van der Waals surface area contributed by atoms with E-state index in [0.29, 0.717) is 18.3 Å². The molecule has 0 radical (unpaired) electrons. The van der Waals surface area contributed by atoms with E-state index < -0.39 is 0 Å². The lowest BCUT2D eigenvalue weighted by molar-refractivity contribution is 0.185. The number of aromatic nitrogens is 2. The number of aryl methyl sites for hydroxylation is 1. The van der Waals surface area contributed by atoms with Gasteiger partial charge in [-0.3, -0.25) is 0 Å². The van der Waals surface area contributed by atoms with Crippen LogP contribution in [0.2, 0.25) is 0 Å². The van der Waals surface area contributed by atoms with E-state index in [9.17, 15) is 5.11 Å². The Hall–Kier alpha value is -3.48. The van der Waals surface area contributed by atoms with E-state index in [1.165, 1.54) is 0 Å². The molecule has 6 nitrogen and oxygen atoms in total. The maximum absolute atomic E-state index is 9.32. The molecule has 0 spiro atoms. The number of para-hydroxylation sites is 1. The van der Waals surface area contributed by atoms with Gasteiger partial charge in [0.2, 0.25) is 5.82 Å². The van der Waals surface area contributed by atoms with Crippen LogP contribution in [-0.4, -0.2) is 29.5 Å². The summed E-state index contributed by atoms with van der Waals surface area (Å²) in [4.78, 5) is 4.60. The van der Waals surface area contributed by atoms with Crippen LogP contribution in [0.5, 0.6) is 5.75 Å². The molecule has 0 aliphatic heterocycles. The van der Waals surface area contributed by atoms with Gasteiger partial charge in [0.05, 0.1) is 20.3 Å². The van der Waals surface area contributed by atoms with Gasteiger partial charge in [-0.05, 0) is 47.4 Å². The first-order valence-electron chi connectivity index (χ1n) is 9.94. The average Bonchev–Trinajstić information content (AvgIpc) is 3.29. The minimum Gasteiger partial charge on any atom is -0.496 e. The fourth-order valence-corrected chi connectivity index (χ4v) is 3.66. The molecule has 31 heavy (non-hydrogen) atoms. The predicted molar refractivity (Wildman–Crippen MR) is 119 cm³/mol. The quantitative estimate of drug-likeness (QED) is 0.455. The summed E-state index contributed by atoms with van der Waals surface area (Å²) in [6, 6.07) is 19.6. The van der Waals surface area contributed by atoms with Gasteiger partial charge in [0.15, 0.2) is 0 Å². The normalized spacial score (nSPS) is 11.0. The van der Waals surface area contributed by atoms with E-state index in [4.69, 9.17) is 14.0 Å². The van der Waals surface area contributed by atoms with Gasteiger partial charge in [0, 0.05) is 23.8 Å². The molecule has 0 saturated heterocycles. The van der Waals surface area contributed by atoms with Gasteiger partial charge < -0.3 is 19.1 Å². The fourth-order valence-electron chi connectivity index (χ4n) is 3.66. The number of hydrogen-bond acceptors (Lipinski definition) is 6. The molecule has 1 aromatic heterocycles. The zero-order valence-electron chi connectivity index (χ0n) is 17.8. The summed E-state index contributed by atoms with van der Waals surface area (Å²) in [5.41, 5.74) is 6.52. The molecule has 0 saturated carbocycles. The van der Waals surface area contributed by atoms with E-state index in [-0.39, 0.29) is 6.61 Å². The van der Waals surface area contributed by atoms with Crippen LogP contribution in [0.25, 0.3) is 34.0 Å². The van der Waals surface area contributed by atoms with Crippen LogP contribution in [-0.2, 0) is 18.0 Å². The van der Waals surface area contributed by atoms with Crippen molar-refractivity contribution in [1.82, 2.24) is 10.1 Å². The standard InChI is InChI=1S/C25H24N2O4/c1-16-12-17(14-28)8-10-20(16)24-26-25(31-27-24)18-9-11-21(19(13-18)15-29-2)22-6-4-5-7-23(22)30-3/h4-13,28H,14-15H2,1-3H3. The Balaban J connectivity index is 1.72. The number of methoxy groups -OCH3 is 2. The monoisotopic (exact) mass is 416 g/mol. The predicted octanol–water partition coefficient (Wildman–Crippen LogP) is 5.03. The van der Waals surface area contributed by atoms with Crippen molar-refractivity contribution in [3.63, 3.8) is 0 Å². The fraction of sp³-hybridized carbons (Fsp3) is 0.200. The molecule has 0 atom stereocenters. The SMILES string of the molecule is COCc1cc(-c2nc(-c3ccc(CO)cc3C)no2)ccc1-c1ccccc1OC. The summed E-state index contributed by atoms with van der Waals surface area (Å²) in [5, 5.41) is 13.5. The molecule has 3 aromatic carbocycles. The third-order valence-electron chi connectivity index (χ3n) is 5.19. The molecule has 0 amide bonds. The number of benzene rings is 3. The number of rotatable bonds is 7. The Morgan fingerprint density at radius 1 is 0.935 bits per heavy atom. The summed E-state index contributed by atoms with van der Waals surface area (Å²) in [6.45, 7) is 2.40. The molecule has 158 valence electrons. The second kappa shape index (κ2) is 9.12. The molecule has 4 aromatic rings. The molecule has 1 heterocycles. The Morgan fingerprint density at radius 2 is 1.74 bits per heavy atom. The first-order chi connectivity index (χ1) is 15.1. The summed E-state index contributed by atoms with van der Waals surface area (Å²) in [7, 11) is 3.33. The van der Waals surface area contributed by atoms with E-state index >= 15 is 0 Å². The van der Waals surface area contributed by atoms with Crippen molar-refractivity contribution in [3.05, 3.63) is 77.4 Å². The van der Waals surface area contributed by atoms with Crippen molar-refractivity contribution < 1.29 is 19.1 Å². The number of aliphatic hydroxyl groups excluding tert-OH is 1. The van der Waals surface area contributed by atoms with Crippen LogP contribution in [0.15, 0.2) is 65.2 Å². The second-order valence-corrected chi connectivity index (χ2v) is 7.24. The first-order valence-corrected chi connectivity index (χ1v) is 9.94. The molecular weight excluding hydrogens is 392 g/mol. The summed E-state index contributed by atoms with van der Waals surface area (Å²) in [5.74, 6) is 1.75. The minimum atomic E-state index is -0.000557. The maximum Gasteiger partial charge on any atom is 0.258 e. The molecule has 0 aliphatic carbocycles. The lowest BCUT2D eigenvalue weighted by Gasteiger charge is -2.13. The third-order valence-corrected chi connectivity index (χ3v) is 5.19. The Kier molecular flexibility index (Phi) is 6.11. The van der Waals surface area contributed by atoms with E-state index in [0.717, 1.165) is 44.7 Å². The van der Waals surface area contributed by atoms with Crippen molar-refractivity contribution in [3.8, 4) is 39.7 Å². The topological polar surface area (TPSA) is 77.6 Å². The molecular formula is C25H24N2O4. The molecule has 0 aliphatic rings. The Morgan fingerprint density at radius 3 is 2.48 bits per heavy atom. The highest BCUT2D eigenvalue weighted by atomic mass is 16.5. The molecule has 0 bridgehead atoms. The zero-order valence-corrected chi connectivity index (χ0v) is 17.8. The largest absolute Gasteiger partial charge is 0.496 e. The van der Waals surface area contributed by atoms with E-state index in [1.807, 2.05) is 67.6 Å². The van der Waals surface area contributed by atoms with Gasteiger partial charge in [0.25, 0.3) is 5.89 Å². The molecule has 0 unspecified atom stereocenters. The Bertz CT molecular complexity index is 1200. The van der Waals surface area contributed by atoms with Crippen molar-refractivity contribution >= 4 is 0 Å².